The predicted octanol–water partition coefficient (Wildman–Crippen LogP) is 3.07. The first-order valence-corrected chi connectivity index (χ1v) is 7.13. The van der Waals surface area contributed by atoms with Crippen molar-refractivity contribution in [3.05, 3.63) is 22.4 Å². The molecule has 1 unspecified atom stereocenters. The Balaban J connectivity index is 2.00. The minimum Gasteiger partial charge on any atom is -0.397 e. The van der Waals surface area contributed by atoms with Gasteiger partial charge in [-0.25, -0.2) is 4.39 Å². The predicted molar refractivity (Wildman–Crippen MR) is 77.3 cm³/mol. The number of nitrogens with two attached hydrogens (primary N) is 1. The summed E-state index contributed by atoms with van der Waals surface area (Å²) < 4.78 is 13.9. The lowest BCUT2D eigenvalue weighted by molar-refractivity contribution is 0.277. The Morgan fingerprint density at radius 1 is 1.56 bits per heavy atom. The van der Waals surface area contributed by atoms with Crippen molar-refractivity contribution in [1.82, 2.24) is 4.90 Å². The van der Waals surface area contributed by atoms with Gasteiger partial charge >= 0.3 is 0 Å². The number of anilines is 2. The molecule has 18 heavy (non-hydrogen) atoms. The molecule has 0 bridgehead atoms. The summed E-state index contributed by atoms with van der Waals surface area (Å²) in [7, 11) is 0. The number of benzene rings is 1. The molecule has 1 heterocycles. The van der Waals surface area contributed by atoms with Gasteiger partial charge in [-0.1, -0.05) is 6.92 Å². The topological polar surface area (TPSA) is 41.3 Å². The highest BCUT2D eigenvalue weighted by Crippen LogP contribution is 2.27. The number of hydrogen-bond donors (Lipinski definition) is 2. The lowest BCUT2D eigenvalue weighted by atomic mass is 10.2. The van der Waals surface area contributed by atoms with E-state index in [4.69, 9.17) is 5.73 Å². The molecular formula is C13H19BrFN3. The molecule has 1 aliphatic heterocycles. The molecular weight excluding hydrogens is 297 g/mol. The van der Waals surface area contributed by atoms with E-state index < -0.39 is 0 Å². The third kappa shape index (κ3) is 2.95. The SMILES string of the molecule is CCN1CCCC1CNc1cc(F)c(Br)cc1N. The second-order valence-corrected chi connectivity index (χ2v) is 5.51. The lowest BCUT2D eigenvalue weighted by Gasteiger charge is -2.23. The number of nitrogens with zero attached hydrogens (tertiary/aromatic N) is 1. The summed E-state index contributed by atoms with van der Waals surface area (Å²) in [5.74, 6) is -0.287. The van der Waals surface area contributed by atoms with Crippen molar-refractivity contribution in [3.63, 3.8) is 0 Å². The van der Waals surface area contributed by atoms with Crippen molar-refractivity contribution in [2.24, 2.45) is 0 Å². The van der Waals surface area contributed by atoms with E-state index in [2.05, 4.69) is 33.1 Å². The summed E-state index contributed by atoms with van der Waals surface area (Å²) in [6, 6.07) is 3.58. The average Bonchev–Trinajstić information content (AvgIpc) is 2.79. The first-order valence-electron chi connectivity index (χ1n) is 6.34. The van der Waals surface area contributed by atoms with Gasteiger partial charge in [0, 0.05) is 18.7 Å². The van der Waals surface area contributed by atoms with Crippen LogP contribution in [0.1, 0.15) is 19.8 Å². The van der Waals surface area contributed by atoms with Gasteiger partial charge in [-0.15, -0.1) is 0 Å². The molecule has 0 aromatic heterocycles. The van der Waals surface area contributed by atoms with E-state index >= 15 is 0 Å². The third-order valence-electron chi connectivity index (χ3n) is 3.53. The zero-order valence-corrected chi connectivity index (χ0v) is 12.1. The van der Waals surface area contributed by atoms with Crippen LogP contribution in [-0.4, -0.2) is 30.6 Å². The van der Waals surface area contributed by atoms with Crippen LogP contribution in [0.4, 0.5) is 15.8 Å². The van der Waals surface area contributed by atoms with Crippen molar-refractivity contribution in [2.45, 2.75) is 25.8 Å². The van der Waals surface area contributed by atoms with E-state index in [1.54, 1.807) is 6.07 Å². The number of nitrogens with one attached hydrogen (secondary N) is 1. The maximum atomic E-state index is 13.4. The molecule has 100 valence electrons. The molecule has 0 radical (unpaired) electrons. The Kier molecular flexibility index (Phi) is 4.45. The van der Waals surface area contributed by atoms with Gasteiger partial charge in [-0.05, 0) is 47.9 Å². The smallest absolute Gasteiger partial charge is 0.139 e. The lowest BCUT2D eigenvalue weighted by Crippen LogP contribution is -2.34. The van der Waals surface area contributed by atoms with Crippen LogP contribution in [0, 0.1) is 5.82 Å². The minimum absolute atomic E-state index is 0.287. The van der Waals surface area contributed by atoms with E-state index in [9.17, 15) is 4.39 Å². The van der Waals surface area contributed by atoms with Gasteiger partial charge < -0.3 is 11.1 Å². The quantitative estimate of drug-likeness (QED) is 0.839. The Morgan fingerprint density at radius 3 is 3.06 bits per heavy atom. The van der Waals surface area contributed by atoms with Gasteiger partial charge in [-0.2, -0.15) is 0 Å². The zero-order chi connectivity index (χ0) is 13.1. The fourth-order valence-corrected chi connectivity index (χ4v) is 2.85. The van der Waals surface area contributed by atoms with Crippen LogP contribution in [0.15, 0.2) is 16.6 Å². The number of halogens is 2. The molecule has 1 aromatic rings. The fourth-order valence-electron chi connectivity index (χ4n) is 2.49. The summed E-state index contributed by atoms with van der Waals surface area (Å²) in [5.41, 5.74) is 7.12. The van der Waals surface area contributed by atoms with Crippen molar-refractivity contribution in [1.29, 1.82) is 0 Å². The van der Waals surface area contributed by atoms with Crippen LogP contribution in [0.2, 0.25) is 0 Å². The molecule has 0 saturated carbocycles. The summed E-state index contributed by atoms with van der Waals surface area (Å²) in [5, 5.41) is 3.26. The molecule has 0 spiro atoms. The second kappa shape index (κ2) is 5.89. The Labute approximate surface area is 116 Å². The van der Waals surface area contributed by atoms with E-state index in [1.165, 1.54) is 18.9 Å². The highest BCUT2D eigenvalue weighted by molar-refractivity contribution is 9.10. The van der Waals surface area contributed by atoms with Gasteiger partial charge in [0.1, 0.15) is 5.82 Å². The van der Waals surface area contributed by atoms with Gasteiger partial charge in [0.2, 0.25) is 0 Å². The molecule has 0 aliphatic carbocycles. The Hall–Kier alpha value is -0.810. The van der Waals surface area contributed by atoms with Gasteiger partial charge in [0.25, 0.3) is 0 Å². The molecule has 5 heteroatoms. The standard InChI is InChI=1S/C13H19BrFN3/c1-2-18-5-3-4-9(18)8-17-13-7-11(15)10(14)6-12(13)16/h6-7,9,17H,2-5,8,16H2,1H3. The molecule has 1 aromatic carbocycles. The van der Waals surface area contributed by atoms with Crippen LogP contribution >= 0.6 is 15.9 Å². The van der Waals surface area contributed by atoms with E-state index in [0.717, 1.165) is 19.6 Å². The average molecular weight is 316 g/mol. The molecule has 3 N–H and O–H groups in total. The van der Waals surface area contributed by atoms with Crippen LogP contribution in [0.5, 0.6) is 0 Å². The van der Waals surface area contributed by atoms with Crippen molar-refractivity contribution >= 4 is 27.3 Å². The van der Waals surface area contributed by atoms with Crippen molar-refractivity contribution in [2.75, 3.05) is 30.7 Å². The van der Waals surface area contributed by atoms with Crippen LogP contribution in [0.3, 0.4) is 0 Å². The van der Waals surface area contributed by atoms with E-state index in [0.29, 0.717) is 21.9 Å². The fraction of sp³-hybridized carbons (Fsp3) is 0.538. The Morgan fingerprint density at radius 2 is 2.33 bits per heavy atom. The molecule has 3 nitrogen and oxygen atoms in total. The van der Waals surface area contributed by atoms with Crippen LogP contribution < -0.4 is 11.1 Å². The summed E-state index contributed by atoms with van der Waals surface area (Å²) in [6.07, 6.45) is 2.43. The number of likely N-dealkylation sites (N-methyl/N-ethyl adjacent to an activating group) is 1. The largest absolute Gasteiger partial charge is 0.397 e. The maximum absolute atomic E-state index is 13.4. The van der Waals surface area contributed by atoms with Gasteiger partial charge in [0.05, 0.1) is 15.8 Å². The molecule has 2 rings (SSSR count). The molecule has 1 fully saturated rings. The highest BCUT2D eigenvalue weighted by Gasteiger charge is 2.22. The minimum atomic E-state index is -0.287. The monoisotopic (exact) mass is 315 g/mol. The van der Waals surface area contributed by atoms with Crippen LogP contribution in [-0.2, 0) is 0 Å². The summed E-state index contributed by atoms with van der Waals surface area (Å²) >= 11 is 3.13. The second-order valence-electron chi connectivity index (χ2n) is 4.66. The first kappa shape index (κ1) is 13.6. The third-order valence-corrected chi connectivity index (χ3v) is 4.13. The molecule has 1 aliphatic rings. The Bertz CT molecular complexity index is 425. The number of rotatable bonds is 4. The van der Waals surface area contributed by atoms with E-state index in [1.807, 2.05) is 0 Å². The van der Waals surface area contributed by atoms with Crippen LogP contribution in [0.25, 0.3) is 0 Å². The zero-order valence-electron chi connectivity index (χ0n) is 10.5. The number of likely N-dealkylation sites (tertiary alicyclic amines) is 1. The summed E-state index contributed by atoms with van der Waals surface area (Å²) in [6.45, 7) is 5.22. The molecule has 1 atom stereocenters. The van der Waals surface area contributed by atoms with Gasteiger partial charge in [0.15, 0.2) is 0 Å². The number of hydrogen-bond acceptors (Lipinski definition) is 3. The van der Waals surface area contributed by atoms with Crippen molar-refractivity contribution in [3.8, 4) is 0 Å². The van der Waals surface area contributed by atoms with E-state index in [-0.39, 0.29) is 5.82 Å². The van der Waals surface area contributed by atoms with Gasteiger partial charge in [-0.3, -0.25) is 4.90 Å². The molecule has 0 amide bonds. The van der Waals surface area contributed by atoms with Crippen molar-refractivity contribution < 1.29 is 4.39 Å². The first-order chi connectivity index (χ1) is 8.61. The normalized spacial score (nSPS) is 20.3. The molecule has 1 saturated heterocycles. The highest BCUT2D eigenvalue weighted by atomic mass is 79.9. The summed E-state index contributed by atoms with van der Waals surface area (Å²) in [4.78, 5) is 2.44. The maximum Gasteiger partial charge on any atom is 0.139 e. The number of nitrogen functional groups attached to an aromatic ring is 1.